The Kier molecular flexibility index (Phi) is 6.83. The van der Waals surface area contributed by atoms with Crippen molar-refractivity contribution in [1.29, 1.82) is 0 Å². The molecule has 36 heavy (non-hydrogen) atoms. The summed E-state index contributed by atoms with van der Waals surface area (Å²) in [4.78, 5) is 30.5. The molecule has 3 aromatic rings. The van der Waals surface area contributed by atoms with E-state index in [9.17, 15) is 9.59 Å². The summed E-state index contributed by atoms with van der Waals surface area (Å²) in [7, 11) is 0. The summed E-state index contributed by atoms with van der Waals surface area (Å²) in [6.07, 6.45) is 5.58. The first-order valence-electron chi connectivity index (χ1n) is 13.3. The molecule has 0 atom stereocenters. The van der Waals surface area contributed by atoms with Gasteiger partial charge in [-0.2, -0.15) is 0 Å². The van der Waals surface area contributed by atoms with Gasteiger partial charge in [0.2, 0.25) is 0 Å². The molecule has 0 bridgehead atoms. The lowest BCUT2D eigenvalue weighted by atomic mass is 9.76. The molecular weight excluding hydrogens is 448 g/mol. The predicted molar refractivity (Wildman–Crippen MR) is 142 cm³/mol. The number of carbonyl (C=O) groups excluding carboxylic acids is 2. The number of alkyl carbamates (subject to hydrolysis) is 1. The summed E-state index contributed by atoms with van der Waals surface area (Å²) in [5, 5.41) is 5.32. The molecule has 188 valence electrons. The van der Waals surface area contributed by atoms with Crippen molar-refractivity contribution in [2.75, 3.05) is 0 Å². The molecule has 2 aliphatic rings. The standard InChI is InChI=1S/C31H36N2O3/c1-31(2,3)36-30(35)32-19-26-16-17-27(22-11-12-22)28(33-26)29(34)23-13-8-21(9-14-23)25-15-10-20-6-4-5-7-24(20)18-25/h4-7,10,15-18,21-23H,8-9,11-14,19H2,1-3H3,(H,32,35). The number of hydrogen-bond donors (Lipinski definition) is 1. The topological polar surface area (TPSA) is 68.3 Å². The van der Waals surface area contributed by atoms with Crippen LogP contribution < -0.4 is 5.32 Å². The minimum absolute atomic E-state index is 0.0146. The second kappa shape index (κ2) is 10.0. The summed E-state index contributed by atoms with van der Waals surface area (Å²) < 4.78 is 5.33. The minimum Gasteiger partial charge on any atom is -0.444 e. The van der Waals surface area contributed by atoms with E-state index in [2.05, 4.69) is 47.8 Å². The van der Waals surface area contributed by atoms with Gasteiger partial charge in [-0.15, -0.1) is 0 Å². The molecule has 2 saturated carbocycles. The van der Waals surface area contributed by atoms with Crippen LogP contribution in [0.15, 0.2) is 54.6 Å². The molecule has 0 radical (unpaired) electrons. The molecule has 2 fully saturated rings. The van der Waals surface area contributed by atoms with E-state index in [4.69, 9.17) is 9.72 Å². The number of amides is 1. The molecule has 2 aliphatic carbocycles. The fourth-order valence-corrected chi connectivity index (χ4v) is 5.35. The number of carbonyl (C=O) groups is 2. The number of pyridine rings is 1. The van der Waals surface area contributed by atoms with E-state index in [1.807, 2.05) is 32.9 Å². The van der Waals surface area contributed by atoms with E-state index in [-0.39, 0.29) is 18.2 Å². The van der Waals surface area contributed by atoms with Gasteiger partial charge in [0.1, 0.15) is 11.3 Å². The van der Waals surface area contributed by atoms with E-state index < -0.39 is 11.7 Å². The number of hydrogen-bond acceptors (Lipinski definition) is 4. The van der Waals surface area contributed by atoms with Crippen LogP contribution in [-0.4, -0.2) is 22.5 Å². The molecule has 0 aliphatic heterocycles. The summed E-state index contributed by atoms with van der Waals surface area (Å²) in [5.74, 6) is 1.13. The highest BCUT2D eigenvalue weighted by Crippen LogP contribution is 2.43. The summed E-state index contributed by atoms with van der Waals surface area (Å²) in [5.41, 5.74) is 3.22. The zero-order valence-electron chi connectivity index (χ0n) is 21.5. The minimum atomic E-state index is -0.555. The van der Waals surface area contributed by atoms with Crippen LogP contribution in [0.5, 0.6) is 0 Å². The molecule has 0 saturated heterocycles. The number of nitrogens with one attached hydrogen (secondary N) is 1. The van der Waals surface area contributed by atoms with Gasteiger partial charge in [-0.3, -0.25) is 4.79 Å². The van der Waals surface area contributed by atoms with Crippen LogP contribution in [0.1, 0.15) is 98.4 Å². The fourth-order valence-electron chi connectivity index (χ4n) is 5.35. The Morgan fingerprint density at radius 1 is 0.889 bits per heavy atom. The summed E-state index contributed by atoms with van der Waals surface area (Å²) >= 11 is 0. The quantitative estimate of drug-likeness (QED) is 0.373. The highest BCUT2D eigenvalue weighted by molar-refractivity contribution is 5.97. The van der Waals surface area contributed by atoms with Gasteiger partial charge >= 0.3 is 6.09 Å². The van der Waals surface area contributed by atoms with Crippen molar-refractivity contribution in [1.82, 2.24) is 10.3 Å². The number of aromatic nitrogens is 1. The molecule has 1 amide bonds. The van der Waals surface area contributed by atoms with Crippen LogP contribution in [0.2, 0.25) is 0 Å². The molecule has 5 heteroatoms. The van der Waals surface area contributed by atoms with Crippen molar-refractivity contribution in [2.45, 2.75) is 83.3 Å². The van der Waals surface area contributed by atoms with Crippen molar-refractivity contribution in [2.24, 2.45) is 5.92 Å². The van der Waals surface area contributed by atoms with Gasteiger partial charge in [0, 0.05) is 5.92 Å². The maximum absolute atomic E-state index is 13.7. The van der Waals surface area contributed by atoms with E-state index in [1.54, 1.807) is 0 Å². The highest BCUT2D eigenvalue weighted by Gasteiger charge is 2.34. The lowest BCUT2D eigenvalue weighted by Gasteiger charge is -2.28. The predicted octanol–water partition coefficient (Wildman–Crippen LogP) is 7.29. The molecular formula is C31H36N2O3. The zero-order valence-corrected chi connectivity index (χ0v) is 21.5. The van der Waals surface area contributed by atoms with Crippen molar-refractivity contribution < 1.29 is 14.3 Å². The average molecular weight is 485 g/mol. The lowest BCUT2D eigenvalue weighted by Crippen LogP contribution is -2.32. The maximum atomic E-state index is 13.7. The number of fused-ring (bicyclic) bond motifs is 1. The van der Waals surface area contributed by atoms with Crippen LogP contribution in [0.4, 0.5) is 4.79 Å². The fraction of sp³-hybridized carbons (Fsp3) is 0.452. The third-order valence-electron chi connectivity index (χ3n) is 7.39. The van der Waals surface area contributed by atoms with Gasteiger partial charge in [0.25, 0.3) is 0 Å². The highest BCUT2D eigenvalue weighted by atomic mass is 16.6. The maximum Gasteiger partial charge on any atom is 0.407 e. The largest absolute Gasteiger partial charge is 0.444 e. The molecule has 1 heterocycles. The zero-order chi connectivity index (χ0) is 25.3. The Morgan fingerprint density at radius 2 is 1.58 bits per heavy atom. The van der Waals surface area contributed by atoms with Crippen LogP contribution in [0.25, 0.3) is 10.8 Å². The van der Waals surface area contributed by atoms with E-state index in [0.29, 0.717) is 23.2 Å². The number of nitrogens with zero attached hydrogens (tertiary/aromatic N) is 1. The van der Waals surface area contributed by atoms with Crippen LogP contribution >= 0.6 is 0 Å². The first-order valence-corrected chi connectivity index (χ1v) is 13.3. The van der Waals surface area contributed by atoms with Crippen molar-refractivity contribution in [3.8, 4) is 0 Å². The van der Waals surface area contributed by atoms with Crippen LogP contribution in [0, 0.1) is 5.92 Å². The van der Waals surface area contributed by atoms with E-state index in [1.165, 1.54) is 16.3 Å². The number of ketones is 1. The monoisotopic (exact) mass is 484 g/mol. The normalized spacial score (nSPS) is 20.2. The van der Waals surface area contributed by atoms with Gasteiger partial charge in [-0.25, -0.2) is 9.78 Å². The van der Waals surface area contributed by atoms with Gasteiger partial charge in [0.05, 0.1) is 12.2 Å². The Bertz CT molecular complexity index is 1260. The van der Waals surface area contributed by atoms with Gasteiger partial charge in [0.15, 0.2) is 5.78 Å². The molecule has 5 nitrogen and oxygen atoms in total. The average Bonchev–Trinajstić information content (AvgIpc) is 3.71. The smallest absolute Gasteiger partial charge is 0.407 e. The van der Waals surface area contributed by atoms with Crippen molar-refractivity contribution >= 4 is 22.6 Å². The third kappa shape index (κ3) is 5.77. The Balaban J connectivity index is 1.26. The van der Waals surface area contributed by atoms with Crippen LogP contribution in [-0.2, 0) is 11.3 Å². The number of ether oxygens (including phenoxy) is 1. The number of rotatable bonds is 6. The molecule has 2 aromatic carbocycles. The van der Waals surface area contributed by atoms with Gasteiger partial charge in [-0.05, 0) is 99.1 Å². The summed E-state index contributed by atoms with van der Waals surface area (Å²) in [6, 6.07) is 19.2. The van der Waals surface area contributed by atoms with Gasteiger partial charge < -0.3 is 10.1 Å². The Labute approximate surface area is 213 Å². The molecule has 0 spiro atoms. The third-order valence-corrected chi connectivity index (χ3v) is 7.39. The molecule has 0 unspecified atom stereocenters. The lowest BCUT2D eigenvalue weighted by molar-refractivity contribution is 0.0523. The Morgan fingerprint density at radius 3 is 2.28 bits per heavy atom. The number of benzene rings is 2. The molecule has 1 N–H and O–H groups in total. The summed E-state index contributed by atoms with van der Waals surface area (Å²) in [6.45, 7) is 5.75. The second-order valence-electron chi connectivity index (χ2n) is 11.4. The first-order chi connectivity index (χ1) is 17.3. The Hall–Kier alpha value is -3.21. The number of Topliss-reactive ketones (excluding diaryl/α,β-unsaturated/α-hetero) is 1. The molecule has 5 rings (SSSR count). The first kappa shape index (κ1) is 24.5. The van der Waals surface area contributed by atoms with Crippen molar-refractivity contribution in [3.05, 3.63) is 77.1 Å². The van der Waals surface area contributed by atoms with E-state index >= 15 is 0 Å². The second-order valence-corrected chi connectivity index (χ2v) is 11.4. The van der Waals surface area contributed by atoms with E-state index in [0.717, 1.165) is 44.1 Å². The van der Waals surface area contributed by atoms with Crippen LogP contribution in [0.3, 0.4) is 0 Å². The SMILES string of the molecule is CC(C)(C)OC(=O)NCc1ccc(C2CC2)c(C(=O)C2CCC(c3ccc4ccccc4c3)CC2)n1. The molecule has 1 aromatic heterocycles. The van der Waals surface area contributed by atoms with Crippen molar-refractivity contribution in [3.63, 3.8) is 0 Å². The van der Waals surface area contributed by atoms with Gasteiger partial charge in [-0.1, -0.05) is 48.5 Å².